The summed E-state index contributed by atoms with van der Waals surface area (Å²) in [6.45, 7) is 1.29. The molecule has 0 saturated carbocycles. The minimum absolute atomic E-state index is 0.0473. The van der Waals surface area contributed by atoms with E-state index in [9.17, 15) is 28.8 Å². The van der Waals surface area contributed by atoms with Gasteiger partial charge in [0.05, 0.1) is 52.4 Å². The van der Waals surface area contributed by atoms with E-state index in [2.05, 4.69) is 0 Å². The summed E-state index contributed by atoms with van der Waals surface area (Å²) >= 11 is -2.75. The van der Waals surface area contributed by atoms with Gasteiger partial charge in [-0.15, -0.1) is 0 Å². The van der Waals surface area contributed by atoms with Crippen molar-refractivity contribution in [3.8, 4) is 11.5 Å². The third kappa shape index (κ3) is 5.34. The second kappa shape index (κ2) is 10.2. The minimum atomic E-state index is -2.75. The normalized spacial score (nSPS) is 11.5. The van der Waals surface area contributed by atoms with E-state index in [0.717, 1.165) is 17.0 Å². The van der Waals surface area contributed by atoms with Gasteiger partial charge in [0.15, 0.2) is 0 Å². The lowest BCUT2D eigenvalue weighted by atomic mass is 10.1. The van der Waals surface area contributed by atoms with Crippen LogP contribution in [0.4, 0.5) is 17.1 Å². The lowest BCUT2D eigenvalue weighted by Gasteiger charge is -2.28. The predicted octanol–water partition coefficient (Wildman–Crippen LogP) is 3.91. The number of carbonyl (C=O) groups excluding carboxylic acids is 1. The molecule has 0 aliphatic rings. The smallest absolute Gasteiger partial charge is 0.340 e. The van der Waals surface area contributed by atoms with Crippen LogP contribution in [0.3, 0.4) is 0 Å². The number of esters is 1. The fourth-order valence-electron chi connectivity index (χ4n) is 3.08. The first kappa shape index (κ1) is 23.9. The number of benzene rings is 3. The molecular formula is C22H19N2O8S-. The Morgan fingerprint density at radius 3 is 2.30 bits per heavy atom. The number of hydrogen-bond donors (Lipinski definition) is 1. The van der Waals surface area contributed by atoms with Gasteiger partial charge in [0, 0.05) is 6.07 Å². The second-order valence-corrected chi connectivity index (χ2v) is 7.62. The molecule has 10 nitrogen and oxygen atoms in total. The standard InChI is InChI=1S/C22H20N2O8S/c1-14-3-5-16(6-4-14)23(33(29)30)21-10-8-18(12-19(21)22(26)31-2)32-17-7-9-20(24(27)28)15(11-17)13-25/h3-12,25H,13H2,1-2H3,(H,29,30)/p-1. The number of nitro benzene ring substituents is 1. The molecule has 0 aromatic heterocycles. The number of nitrogens with zero attached hydrogens (tertiary/aromatic N) is 2. The van der Waals surface area contributed by atoms with Gasteiger partial charge in [-0.3, -0.25) is 18.6 Å². The molecule has 0 bridgehead atoms. The Hall–Kier alpha value is -3.80. The fraction of sp³-hybridized carbons (Fsp3) is 0.136. The molecule has 0 fully saturated rings. The van der Waals surface area contributed by atoms with Crippen molar-refractivity contribution < 1.29 is 33.1 Å². The molecule has 0 spiro atoms. The maximum Gasteiger partial charge on any atom is 0.340 e. The molecule has 3 rings (SSSR count). The molecule has 33 heavy (non-hydrogen) atoms. The van der Waals surface area contributed by atoms with Gasteiger partial charge in [-0.1, -0.05) is 17.7 Å². The summed E-state index contributed by atoms with van der Waals surface area (Å²) < 4.78 is 35.6. The maximum absolute atomic E-state index is 12.5. The highest BCUT2D eigenvalue weighted by Gasteiger charge is 2.21. The Balaban J connectivity index is 2.03. The van der Waals surface area contributed by atoms with Gasteiger partial charge in [0.25, 0.3) is 5.69 Å². The molecule has 1 atom stereocenters. The minimum Gasteiger partial charge on any atom is -0.755 e. The zero-order valence-corrected chi connectivity index (χ0v) is 18.4. The van der Waals surface area contributed by atoms with Gasteiger partial charge in [-0.05, 0) is 49.4 Å². The van der Waals surface area contributed by atoms with E-state index in [1.807, 2.05) is 6.92 Å². The molecule has 172 valence electrons. The zero-order valence-electron chi connectivity index (χ0n) is 17.6. The van der Waals surface area contributed by atoms with Crippen LogP contribution in [0.1, 0.15) is 21.5 Å². The molecular weight excluding hydrogens is 452 g/mol. The average Bonchev–Trinajstić information content (AvgIpc) is 2.80. The van der Waals surface area contributed by atoms with Gasteiger partial charge in [-0.2, -0.15) is 0 Å². The number of methoxy groups -OCH3 is 1. The number of aliphatic hydroxyl groups excluding tert-OH is 1. The first-order chi connectivity index (χ1) is 15.7. The Morgan fingerprint density at radius 1 is 1.09 bits per heavy atom. The monoisotopic (exact) mass is 471 g/mol. The largest absolute Gasteiger partial charge is 0.755 e. The van der Waals surface area contributed by atoms with Crippen LogP contribution in [-0.4, -0.2) is 31.9 Å². The molecule has 1 unspecified atom stereocenters. The highest BCUT2D eigenvalue weighted by molar-refractivity contribution is 7.81. The third-order valence-electron chi connectivity index (χ3n) is 4.66. The third-order valence-corrected chi connectivity index (χ3v) is 5.37. The molecule has 0 aliphatic heterocycles. The van der Waals surface area contributed by atoms with Crippen LogP contribution in [-0.2, 0) is 22.6 Å². The highest BCUT2D eigenvalue weighted by atomic mass is 32.2. The van der Waals surface area contributed by atoms with Crippen LogP contribution in [0.25, 0.3) is 0 Å². The van der Waals surface area contributed by atoms with Crippen LogP contribution >= 0.6 is 0 Å². The van der Waals surface area contributed by atoms with Crippen molar-refractivity contribution in [2.45, 2.75) is 13.5 Å². The van der Waals surface area contributed by atoms with Crippen molar-refractivity contribution in [3.05, 3.63) is 87.5 Å². The number of nitro groups is 1. The van der Waals surface area contributed by atoms with Gasteiger partial charge >= 0.3 is 5.97 Å². The SMILES string of the molecule is COC(=O)c1cc(Oc2ccc([N+](=O)[O-])c(CO)c2)ccc1N(c1ccc(C)cc1)S(=O)[O-]. The van der Waals surface area contributed by atoms with Crippen molar-refractivity contribution in [2.75, 3.05) is 11.4 Å². The van der Waals surface area contributed by atoms with Crippen LogP contribution < -0.4 is 9.04 Å². The summed E-state index contributed by atoms with van der Waals surface area (Å²) in [5.41, 5.74) is 1.00. The zero-order chi connectivity index (χ0) is 24.1. The van der Waals surface area contributed by atoms with Gasteiger partial charge in [0.1, 0.15) is 11.5 Å². The molecule has 0 radical (unpaired) electrons. The highest BCUT2D eigenvalue weighted by Crippen LogP contribution is 2.35. The van der Waals surface area contributed by atoms with Crippen LogP contribution in [0.15, 0.2) is 60.7 Å². The summed E-state index contributed by atoms with van der Waals surface area (Å²) in [5.74, 6) is -0.466. The van der Waals surface area contributed by atoms with Crippen LogP contribution in [0, 0.1) is 17.0 Å². The molecule has 3 aromatic carbocycles. The first-order valence-corrected chi connectivity index (χ1v) is 10.5. The number of carbonyl (C=O) groups is 1. The number of aryl methyl sites for hydroxylation is 1. The summed E-state index contributed by atoms with van der Waals surface area (Å²) in [4.78, 5) is 22.9. The van der Waals surface area contributed by atoms with Crippen molar-refractivity contribution in [1.29, 1.82) is 0 Å². The predicted molar refractivity (Wildman–Crippen MR) is 119 cm³/mol. The average molecular weight is 471 g/mol. The van der Waals surface area contributed by atoms with Crippen molar-refractivity contribution in [3.63, 3.8) is 0 Å². The molecule has 0 amide bonds. The Bertz CT molecular complexity index is 1210. The second-order valence-electron chi connectivity index (χ2n) is 6.83. The number of ether oxygens (including phenoxy) is 2. The number of hydrogen-bond acceptors (Lipinski definition) is 8. The van der Waals surface area contributed by atoms with E-state index in [-0.39, 0.29) is 34.0 Å². The van der Waals surface area contributed by atoms with E-state index in [1.54, 1.807) is 24.3 Å². The Labute approximate surface area is 191 Å². The van der Waals surface area contributed by atoms with E-state index in [0.29, 0.717) is 5.69 Å². The summed E-state index contributed by atoms with van der Waals surface area (Å²) in [6, 6.07) is 14.6. The number of aliphatic hydroxyl groups is 1. The van der Waals surface area contributed by atoms with Gasteiger partial charge < -0.3 is 19.1 Å². The van der Waals surface area contributed by atoms with E-state index in [1.165, 1.54) is 36.4 Å². The number of rotatable bonds is 8. The topological polar surface area (TPSA) is 142 Å². The number of anilines is 2. The van der Waals surface area contributed by atoms with Gasteiger partial charge in [0.2, 0.25) is 0 Å². The van der Waals surface area contributed by atoms with Crippen molar-refractivity contribution in [1.82, 2.24) is 0 Å². The van der Waals surface area contributed by atoms with E-state index in [4.69, 9.17) is 9.47 Å². The van der Waals surface area contributed by atoms with E-state index < -0.39 is 28.8 Å². The molecule has 0 saturated heterocycles. The van der Waals surface area contributed by atoms with Crippen LogP contribution in [0.5, 0.6) is 11.5 Å². The van der Waals surface area contributed by atoms with E-state index >= 15 is 0 Å². The van der Waals surface area contributed by atoms with Crippen LogP contribution in [0.2, 0.25) is 0 Å². The van der Waals surface area contributed by atoms with Gasteiger partial charge in [-0.25, -0.2) is 4.79 Å². The summed E-state index contributed by atoms with van der Waals surface area (Å²) in [5, 5.41) is 20.4. The Morgan fingerprint density at radius 2 is 1.73 bits per heavy atom. The Kier molecular flexibility index (Phi) is 7.38. The van der Waals surface area contributed by atoms with Crippen molar-refractivity contribution in [2.24, 2.45) is 0 Å². The summed E-state index contributed by atoms with van der Waals surface area (Å²) in [6.07, 6.45) is 0. The van der Waals surface area contributed by atoms with Crippen molar-refractivity contribution >= 4 is 34.3 Å². The lowest BCUT2D eigenvalue weighted by molar-refractivity contribution is -0.385. The summed E-state index contributed by atoms with van der Waals surface area (Å²) in [7, 11) is 1.16. The molecule has 0 aliphatic carbocycles. The lowest BCUT2D eigenvalue weighted by Crippen LogP contribution is -2.22. The molecule has 3 aromatic rings. The fourth-order valence-corrected chi connectivity index (χ4v) is 3.69. The molecule has 0 heterocycles. The quantitative estimate of drug-likeness (QED) is 0.225. The molecule has 11 heteroatoms. The molecule has 1 N–H and O–H groups in total. The maximum atomic E-state index is 12.5. The first-order valence-electron chi connectivity index (χ1n) is 9.49.